The van der Waals surface area contributed by atoms with Crippen LogP contribution in [0.3, 0.4) is 0 Å². The Balaban J connectivity index is 2.55. The van der Waals surface area contributed by atoms with Gasteiger partial charge in [-0.1, -0.05) is 0 Å². The van der Waals surface area contributed by atoms with Gasteiger partial charge in [0.05, 0.1) is 25.4 Å². The van der Waals surface area contributed by atoms with Crippen molar-refractivity contribution in [3.63, 3.8) is 0 Å². The minimum absolute atomic E-state index is 0.0845. The van der Waals surface area contributed by atoms with E-state index in [0.29, 0.717) is 13.2 Å². The lowest BCUT2D eigenvalue weighted by Gasteiger charge is -2.19. The summed E-state index contributed by atoms with van der Waals surface area (Å²) in [4.78, 5) is 11.3. The number of hydrogen-bond acceptors (Lipinski definition) is 3. The Morgan fingerprint density at radius 1 is 1.83 bits per heavy atom. The number of esters is 1. The predicted octanol–water partition coefficient (Wildman–Crippen LogP) is 1.49. The number of hydrogen-bond donors (Lipinski definition) is 0. The van der Waals surface area contributed by atoms with Crippen molar-refractivity contribution in [3.8, 4) is 0 Å². The van der Waals surface area contributed by atoms with Crippen LogP contribution in [-0.2, 0) is 14.3 Å². The quantitative estimate of drug-likeness (QED) is 0.589. The van der Waals surface area contributed by atoms with Crippen LogP contribution in [-0.4, -0.2) is 19.2 Å². The molecule has 1 heterocycles. The largest absolute Gasteiger partial charge is 0.501 e. The standard InChI is InChI=1S/C9H14O3/c1-3-12-9(10)8-4-5-11-6-7(8)2/h6,8H,3-5H2,1-2H3. The summed E-state index contributed by atoms with van der Waals surface area (Å²) in [7, 11) is 0. The average molecular weight is 170 g/mol. The van der Waals surface area contributed by atoms with Crippen molar-refractivity contribution in [1.29, 1.82) is 0 Å². The van der Waals surface area contributed by atoms with Gasteiger partial charge in [-0.05, 0) is 25.8 Å². The molecule has 1 aliphatic heterocycles. The van der Waals surface area contributed by atoms with Crippen molar-refractivity contribution < 1.29 is 14.3 Å². The molecule has 12 heavy (non-hydrogen) atoms. The predicted molar refractivity (Wildman–Crippen MR) is 44.4 cm³/mol. The molecule has 0 radical (unpaired) electrons. The summed E-state index contributed by atoms with van der Waals surface area (Å²) >= 11 is 0. The van der Waals surface area contributed by atoms with Crippen LogP contribution < -0.4 is 0 Å². The first kappa shape index (κ1) is 9.10. The van der Waals surface area contributed by atoms with Crippen LogP contribution in [0.2, 0.25) is 0 Å². The zero-order valence-corrected chi connectivity index (χ0v) is 7.50. The fourth-order valence-corrected chi connectivity index (χ4v) is 1.23. The number of ether oxygens (including phenoxy) is 2. The van der Waals surface area contributed by atoms with Crippen LogP contribution in [0.5, 0.6) is 0 Å². The Bertz CT molecular complexity index is 196. The third-order valence-corrected chi connectivity index (χ3v) is 1.91. The summed E-state index contributed by atoms with van der Waals surface area (Å²) in [6, 6.07) is 0. The van der Waals surface area contributed by atoms with Gasteiger partial charge in [-0.25, -0.2) is 0 Å². The molecule has 3 heteroatoms. The van der Waals surface area contributed by atoms with Crippen molar-refractivity contribution in [1.82, 2.24) is 0 Å². The highest BCUT2D eigenvalue weighted by Crippen LogP contribution is 2.20. The maximum atomic E-state index is 11.3. The topological polar surface area (TPSA) is 35.5 Å². The summed E-state index contributed by atoms with van der Waals surface area (Å²) in [5.74, 6) is -0.215. The van der Waals surface area contributed by atoms with E-state index >= 15 is 0 Å². The van der Waals surface area contributed by atoms with Gasteiger partial charge in [0.1, 0.15) is 0 Å². The highest BCUT2D eigenvalue weighted by Gasteiger charge is 2.24. The minimum Gasteiger partial charge on any atom is -0.501 e. The smallest absolute Gasteiger partial charge is 0.313 e. The minimum atomic E-state index is -0.130. The molecule has 0 N–H and O–H groups in total. The van der Waals surface area contributed by atoms with Gasteiger partial charge in [-0.15, -0.1) is 0 Å². The molecule has 3 nitrogen and oxygen atoms in total. The summed E-state index contributed by atoms with van der Waals surface area (Å²) in [5.41, 5.74) is 0.958. The molecule has 0 aromatic heterocycles. The van der Waals surface area contributed by atoms with E-state index in [0.717, 1.165) is 12.0 Å². The van der Waals surface area contributed by atoms with Crippen molar-refractivity contribution >= 4 is 5.97 Å². The summed E-state index contributed by atoms with van der Waals surface area (Å²) < 4.78 is 9.99. The number of carbonyl (C=O) groups excluding carboxylic acids is 1. The van der Waals surface area contributed by atoms with Gasteiger partial charge >= 0.3 is 5.97 Å². The van der Waals surface area contributed by atoms with E-state index in [9.17, 15) is 4.79 Å². The van der Waals surface area contributed by atoms with Gasteiger partial charge < -0.3 is 9.47 Å². The molecule has 0 spiro atoms. The summed E-state index contributed by atoms with van der Waals surface area (Å²) in [5, 5.41) is 0. The van der Waals surface area contributed by atoms with Crippen LogP contribution in [0, 0.1) is 5.92 Å². The van der Waals surface area contributed by atoms with E-state index in [2.05, 4.69) is 0 Å². The molecular weight excluding hydrogens is 156 g/mol. The first-order chi connectivity index (χ1) is 5.75. The molecule has 0 bridgehead atoms. The van der Waals surface area contributed by atoms with Crippen LogP contribution in [0.25, 0.3) is 0 Å². The van der Waals surface area contributed by atoms with E-state index in [1.165, 1.54) is 0 Å². The van der Waals surface area contributed by atoms with E-state index in [1.54, 1.807) is 6.26 Å². The highest BCUT2D eigenvalue weighted by molar-refractivity contribution is 5.75. The second kappa shape index (κ2) is 4.14. The highest BCUT2D eigenvalue weighted by atomic mass is 16.5. The Morgan fingerprint density at radius 2 is 2.58 bits per heavy atom. The molecular formula is C9H14O3. The van der Waals surface area contributed by atoms with Gasteiger partial charge in [-0.3, -0.25) is 4.79 Å². The zero-order chi connectivity index (χ0) is 8.97. The fourth-order valence-electron chi connectivity index (χ4n) is 1.23. The zero-order valence-electron chi connectivity index (χ0n) is 7.50. The monoisotopic (exact) mass is 170 g/mol. The molecule has 0 aromatic carbocycles. The lowest BCUT2D eigenvalue weighted by atomic mass is 9.97. The Kier molecular flexibility index (Phi) is 3.14. The Morgan fingerprint density at radius 3 is 3.17 bits per heavy atom. The van der Waals surface area contributed by atoms with Gasteiger partial charge in [0, 0.05) is 0 Å². The van der Waals surface area contributed by atoms with Crippen molar-refractivity contribution in [2.24, 2.45) is 5.92 Å². The molecule has 1 unspecified atom stereocenters. The molecule has 0 saturated carbocycles. The van der Waals surface area contributed by atoms with E-state index in [4.69, 9.17) is 9.47 Å². The molecule has 0 aromatic rings. The lowest BCUT2D eigenvalue weighted by molar-refractivity contribution is -0.147. The molecule has 68 valence electrons. The molecule has 0 aliphatic carbocycles. The number of rotatable bonds is 2. The van der Waals surface area contributed by atoms with Crippen LogP contribution in [0.1, 0.15) is 20.3 Å². The Hall–Kier alpha value is -0.990. The fraction of sp³-hybridized carbons (Fsp3) is 0.667. The summed E-state index contributed by atoms with van der Waals surface area (Å²) in [6.07, 6.45) is 2.38. The maximum Gasteiger partial charge on any atom is 0.313 e. The number of carbonyl (C=O) groups is 1. The van der Waals surface area contributed by atoms with E-state index < -0.39 is 0 Å². The van der Waals surface area contributed by atoms with Crippen LogP contribution >= 0.6 is 0 Å². The summed E-state index contributed by atoms with van der Waals surface area (Å²) in [6.45, 7) is 4.77. The third-order valence-electron chi connectivity index (χ3n) is 1.91. The van der Waals surface area contributed by atoms with Crippen LogP contribution in [0.15, 0.2) is 11.8 Å². The SMILES string of the molecule is CCOC(=O)C1CCOC=C1C. The second-order valence-electron chi connectivity index (χ2n) is 2.83. The van der Waals surface area contributed by atoms with E-state index in [-0.39, 0.29) is 11.9 Å². The third kappa shape index (κ3) is 2.00. The van der Waals surface area contributed by atoms with Gasteiger partial charge in [0.2, 0.25) is 0 Å². The van der Waals surface area contributed by atoms with Crippen LogP contribution in [0.4, 0.5) is 0 Å². The lowest BCUT2D eigenvalue weighted by Crippen LogP contribution is -2.23. The molecule has 1 atom stereocenters. The normalized spacial score (nSPS) is 22.5. The van der Waals surface area contributed by atoms with Crippen molar-refractivity contribution in [2.45, 2.75) is 20.3 Å². The average Bonchev–Trinajstić information content (AvgIpc) is 2.05. The molecule has 1 rings (SSSR count). The van der Waals surface area contributed by atoms with E-state index in [1.807, 2.05) is 13.8 Å². The molecule has 0 saturated heterocycles. The van der Waals surface area contributed by atoms with Crippen molar-refractivity contribution in [3.05, 3.63) is 11.8 Å². The van der Waals surface area contributed by atoms with Crippen molar-refractivity contribution in [2.75, 3.05) is 13.2 Å². The second-order valence-corrected chi connectivity index (χ2v) is 2.83. The maximum absolute atomic E-state index is 11.3. The Labute approximate surface area is 72.4 Å². The van der Waals surface area contributed by atoms with Gasteiger partial charge in [0.25, 0.3) is 0 Å². The molecule has 1 aliphatic rings. The molecule has 0 amide bonds. The van der Waals surface area contributed by atoms with Gasteiger partial charge in [-0.2, -0.15) is 0 Å². The first-order valence-corrected chi connectivity index (χ1v) is 4.20. The first-order valence-electron chi connectivity index (χ1n) is 4.20. The van der Waals surface area contributed by atoms with Gasteiger partial charge in [0.15, 0.2) is 0 Å². The molecule has 0 fully saturated rings.